The fourth-order valence-electron chi connectivity index (χ4n) is 5.00. The van der Waals surface area contributed by atoms with Gasteiger partial charge in [0, 0.05) is 34.9 Å². The van der Waals surface area contributed by atoms with E-state index in [1.165, 1.54) is 16.3 Å². The van der Waals surface area contributed by atoms with Crippen LogP contribution < -0.4 is 5.56 Å². The van der Waals surface area contributed by atoms with Crippen LogP contribution in [0, 0.1) is 5.82 Å². The van der Waals surface area contributed by atoms with Crippen molar-refractivity contribution in [3.8, 4) is 0 Å². The lowest BCUT2D eigenvalue weighted by molar-refractivity contribution is -0.133. The molecular weight excluding hydrogens is 443 g/mol. The average Bonchev–Trinajstić information content (AvgIpc) is 3.21. The minimum Gasteiger partial charge on any atom is -0.336 e. The van der Waals surface area contributed by atoms with Crippen LogP contribution in [0.4, 0.5) is 4.39 Å². The molecule has 1 aliphatic heterocycles. The maximum atomic E-state index is 14.5. The Balaban J connectivity index is 1.39. The summed E-state index contributed by atoms with van der Waals surface area (Å²) in [6.07, 6.45) is 2.43. The molecule has 0 fully saturated rings. The first-order valence-electron chi connectivity index (χ1n) is 11.6. The molecule has 0 bridgehead atoms. The number of halogens is 1. The summed E-state index contributed by atoms with van der Waals surface area (Å²) in [5.74, 6) is -0.474. The summed E-state index contributed by atoms with van der Waals surface area (Å²) >= 11 is 0. The van der Waals surface area contributed by atoms with Gasteiger partial charge < -0.3 is 9.47 Å². The number of hydrogen-bond acceptors (Lipinski definition) is 3. The van der Waals surface area contributed by atoms with Crippen LogP contribution in [0.5, 0.6) is 0 Å². The van der Waals surface area contributed by atoms with Gasteiger partial charge in [0.25, 0.3) is 5.56 Å². The third kappa shape index (κ3) is 3.69. The normalized spacial score (nSPS) is 13.3. The highest BCUT2D eigenvalue weighted by molar-refractivity contribution is 6.07. The second kappa shape index (κ2) is 8.51. The van der Waals surface area contributed by atoms with E-state index in [0.29, 0.717) is 29.6 Å². The molecule has 0 radical (unpaired) electrons. The topological polar surface area (TPSA) is 60.1 Å². The van der Waals surface area contributed by atoms with Gasteiger partial charge in [0.2, 0.25) is 5.91 Å². The van der Waals surface area contributed by atoms with E-state index in [-0.39, 0.29) is 30.4 Å². The zero-order valence-corrected chi connectivity index (χ0v) is 19.0. The van der Waals surface area contributed by atoms with E-state index in [2.05, 4.69) is 11.2 Å². The zero-order valence-electron chi connectivity index (χ0n) is 19.0. The molecule has 0 saturated heterocycles. The Labute approximate surface area is 200 Å². The lowest BCUT2D eigenvalue weighted by atomic mass is 10.00. The second-order valence-corrected chi connectivity index (χ2v) is 8.90. The van der Waals surface area contributed by atoms with Crippen molar-refractivity contribution in [1.29, 1.82) is 0 Å². The average molecular weight is 467 g/mol. The standard InChI is InChI=1S/C28H23FN4O2/c29-24-11-5-3-9-21(24)17-32-25-12-6-4-10-22(25)23-15-30-33(28(35)27(23)32)18-26(34)31-14-13-19-7-1-2-8-20(19)16-31/h1-12,15H,13-14,16-18H2. The number of nitrogens with zero attached hydrogens (tertiary/aromatic N) is 4. The van der Waals surface area contributed by atoms with Gasteiger partial charge >= 0.3 is 0 Å². The second-order valence-electron chi connectivity index (χ2n) is 8.90. The minimum absolute atomic E-state index is 0.141. The van der Waals surface area contributed by atoms with E-state index in [0.717, 1.165) is 22.9 Å². The fraction of sp³-hybridized carbons (Fsp3) is 0.179. The first-order chi connectivity index (χ1) is 17.1. The number of carbonyl (C=O) groups excluding carboxylic acids is 1. The van der Waals surface area contributed by atoms with Gasteiger partial charge in [0.05, 0.1) is 12.7 Å². The smallest absolute Gasteiger partial charge is 0.291 e. The summed E-state index contributed by atoms with van der Waals surface area (Å²) in [6.45, 7) is 1.20. The Morgan fingerprint density at radius 3 is 2.51 bits per heavy atom. The molecule has 0 spiro atoms. The Morgan fingerprint density at radius 2 is 1.66 bits per heavy atom. The first-order valence-corrected chi connectivity index (χ1v) is 11.6. The lowest BCUT2D eigenvalue weighted by Gasteiger charge is -2.28. The van der Waals surface area contributed by atoms with E-state index in [4.69, 9.17) is 0 Å². The molecule has 0 unspecified atom stereocenters. The third-order valence-electron chi connectivity index (χ3n) is 6.83. The van der Waals surface area contributed by atoms with Crippen LogP contribution in [-0.4, -0.2) is 31.7 Å². The Morgan fingerprint density at radius 1 is 0.914 bits per heavy atom. The van der Waals surface area contributed by atoms with Crippen molar-refractivity contribution >= 4 is 27.7 Å². The zero-order chi connectivity index (χ0) is 23.9. The van der Waals surface area contributed by atoms with Crippen LogP contribution in [0.15, 0.2) is 83.8 Å². The lowest BCUT2D eigenvalue weighted by Crippen LogP contribution is -2.40. The highest BCUT2D eigenvalue weighted by Gasteiger charge is 2.23. The number of hydrogen-bond donors (Lipinski definition) is 0. The van der Waals surface area contributed by atoms with Crippen LogP contribution in [0.25, 0.3) is 21.8 Å². The predicted molar refractivity (Wildman–Crippen MR) is 133 cm³/mol. The summed E-state index contributed by atoms with van der Waals surface area (Å²) < 4.78 is 17.5. The molecule has 5 aromatic rings. The molecule has 174 valence electrons. The summed E-state index contributed by atoms with van der Waals surface area (Å²) in [5, 5.41) is 5.90. The molecule has 6 nitrogen and oxygen atoms in total. The molecule has 1 amide bonds. The van der Waals surface area contributed by atoms with Crippen LogP contribution in [-0.2, 0) is 30.8 Å². The van der Waals surface area contributed by atoms with E-state index in [1.54, 1.807) is 29.3 Å². The summed E-state index contributed by atoms with van der Waals surface area (Å²) in [6, 6.07) is 22.3. The van der Waals surface area contributed by atoms with Crippen molar-refractivity contribution in [1.82, 2.24) is 19.2 Å². The number of rotatable bonds is 4. The highest BCUT2D eigenvalue weighted by Crippen LogP contribution is 2.27. The SMILES string of the molecule is O=C(Cn1ncc2c3ccccc3n(Cc3ccccc3F)c2c1=O)N1CCc2ccccc2C1. The van der Waals surface area contributed by atoms with Crippen molar-refractivity contribution in [2.45, 2.75) is 26.1 Å². The van der Waals surface area contributed by atoms with Gasteiger partial charge in [-0.05, 0) is 29.7 Å². The predicted octanol–water partition coefficient (Wildman–Crippen LogP) is 4.12. The molecule has 35 heavy (non-hydrogen) atoms. The molecule has 0 atom stereocenters. The van der Waals surface area contributed by atoms with Crippen molar-refractivity contribution in [3.05, 3.63) is 112 Å². The first kappa shape index (κ1) is 21.3. The minimum atomic E-state index is -0.360. The van der Waals surface area contributed by atoms with Gasteiger partial charge in [-0.2, -0.15) is 5.10 Å². The Kier molecular flexibility index (Phi) is 5.17. The Bertz CT molecular complexity index is 1650. The summed E-state index contributed by atoms with van der Waals surface area (Å²) in [5.41, 5.74) is 3.75. The molecule has 0 saturated carbocycles. The quantitative estimate of drug-likeness (QED) is 0.400. The highest BCUT2D eigenvalue weighted by atomic mass is 19.1. The number of fused-ring (bicyclic) bond motifs is 4. The fourth-order valence-corrected chi connectivity index (χ4v) is 5.00. The van der Waals surface area contributed by atoms with E-state index in [9.17, 15) is 14.0 Å². The molecule has 0 N–H and O–H groups in total. The van der Waals surface area contributed by atoms with Gasteiger partial charge in [-0.1, -0.05) is 60.7 Å². The summed E-state index contributed by atoms with van der Waals surface area (Å²) in [4.78, 5) is 28.5. The van der Waals surface area contributed by atoms with Crippen molar-refractivity contribution in [3.63, 3.8) is 0 Å². The molecule has 6 rings (SSSR count). The van der Waals surface area contributed by atoms with Crippen LogP contribution in [0.1, 0.15) is 16.7 Å². The molecule has 2 aromatic heterocycles. The molecule has 3 heterocycles. The van der Waals surface area contributed by atoms with E-state index >= 15 is 0 Å². The van der Waals surface area contributed by atoms with E-state index < -0.39 is 0 Å². The van der Waals surface area contributed by atoms with Crippen LogP contribution in [0.2, 0.25) is 0 Å². The third-order valence-corrected chi connectivity index (χ3v) is 6.83. The van der Waals surface area contributed by atoms with Gasteiger partial charge in [0.1, 0.15) is 17.9 Å². The van der Waals surface area contributed by atoms with Crippen molar-refractivity contribution in [2.24, 2.45) is 0 Å². The monoisotopic (exact) mass is 466 g/mol. The molecule has 7 heteroatoms. The van der Waals surface area contributed by atoms with Gasteiger partial charge in [-0.3, -0.25) is 9.59 Å². The van der Waals surface area contributed by atoms with Crippen LogP contribution >= 0.6 is 0 Å². The molecule has 1 aliphatic rings. The van der Waals surface area contributed by atoms with Crippen LogP contribution in [0.3, 0.4) is 0 Å². The van der Waals surface area contributed by atoms with Gasteiger partial charge in [-0.15, -0.1) is 0 Å². The van der Waals surface area contributed by atoms with Crippen molar-refractivity contribution < 1.29 is 9.18 Å². The molecule has 0 aliphatic carbocycles. The number of benzene rings is 3. The summed E-state index contributed by atoms with van der Waals surface area (Å²) in [7, 11) is 0. The maximum Gasteiger partial charge on any atom is 0.291 e. The number of aromatic nitrogens is 3. The maximum absolute atomic E-state index is 14.5. The van der Waals surface area contributed by atoms with E-state index in [1.807, 2.05) is 47.0 Å². The number of carbonyl (C=O) groups is 1. The van der Waals surface area contributed by atoms with Gasteiger partial charge in [-0.25, -0.2) is 9.07 Å². The van der Waals surface area contributed by atoms with Crippen molar-refractivity contribution in [2.75, 3.05) is 6.54 Å². The number of para-hydroxylation sites is 1. The Hall–Kier alpha value is -4.26. The van der Waals surface area contributed by atoms with Gasteiger partial charge in [0.15, 0.2) is 0 Å². The number of amides is 1. The largest absolute Gasteiger partial charge is 0.336 e. The molecular formula is C28H23FN4O2. The molecule has 3 aromatic carbocycles.